The fourth-order valence-electron chi connectivity index (χ4n) is 2.91. The highest BCUT2D eigenvalue weighted by Gasteiger charge is 2.17. The third kappa shape index (κ3) is 2.63. The van der Waals surface area contributed by atoms with Crippen molar-refractivity contribution in [3.05, 3.63) is 29.8 Å². The second kappa shape index (κ2) is 5.09. The van der Waals surface area contributed by atoms with Crippen LogP contribution in [0.25, 0.3) is 0 Å². The highest BCUT2D eigenvalue weighted by Crippen LogP contribution is 2.32. The molecule has 1 heterocycles. The quantitative estimate of drug-likeness (QED) is 0.833. The molecule has 1 aromatic carbocycles. The first-order chi connectivity index (χ1) is 8.42. The largest absolute Gasteiger partial charge is 0.380 e. The van der Waals surface area contributed by atoms with Gasteiger partial charge in [-0.3, -0.25) is 0 Å². The van der Waals surface area contributed by atoms with Gasteiger partial charge in [-0.25, -0.2) is 0 Å². The second-order valence-electron chi connectivity index (χ2n) is 5.46. The summed E-state index contributed by atoms with van der Waals surface area (Å²) in [5, 5.41) is 6.83. The van der Waals surface area contributed by atoms with E-state index in [4.69, 9.17) is 0 Å². The van der Waals surface area contributed by atoms with E-state index < -0.39 is 0 Å². The summed E-state index contributed by atoms with van der Waals surface area (Å²) < 4.78 is 0. The Kier molecular flexibility index (Phi) is 3.32. The van der Waals surface area contributed by atoms with Gasteiger partial charge in [0, 0.05) is 18.8 Å². The van der Waals surface area contributed by atoms with Gasteiger partial charge in [-0.05, 0) is 36.5 Å². The molecule has 2 fully saturated rings. The van der Waals surface area contributed by atoms with Crippen molar-refractivity contribution in [3.8, 4) is 0 Å². The third-order valence-electron chi connectivity index (χ3n) is 4.14. The van der Waals surface area contributed by atoms with Gasteiger partial charge in [0.2, 0.25) is 0 Å². The average Bonchev–Trinajstić information content (AvgIpc) is 2.36. The van der Waals surface area contributed by atoms with E-state index in [9.17, 15) is 0 Å². The van der Waals surface area contributed by atoms with E-state index in [1.807, 2.05) is 0 Å². The molecule has 1 aromatic rings. The lowest BCUT2D eigenvalue weighted by molar-refractivity contribution is 0.443. The summed E-state index contributed by atoms with van der Waals surface area (Å²) >= 11 is 0. The summed E-state index contributed by atoms with van der Waals surface area (Å²) in [5.41, 5.74) is 2.82. The van der Waals surface area contributed by atoms with E-state index in [1.165, 1.54) is 37.8 Å². The Labute approximate surface area is 104 Å². The standard InChI is InChI=1S/C15H22N2/c1-2-4-12(5-3-1)13-6-8-14(9-7-13)17-15-10-16-11-15/h6-9,12,15-17H,1-5,10-11H2. The molecular formula is C15H22N2. The van der Waals surface area contributed by atoms with Gasteiger partial charge in [0.05, 0.1) is 6.04 Å². The monoisotopic (exact) mass is 230 g/mol. The van der Waals surface area contributed by atoms with Crippen LogP contribution in [0.4, 0.5) is 5.69 Å². The minimum atomic E-state index is 0.635. The molecule has 17 heavy (non-hydrogen) atoms. The van der Waals surface area contributed by atoms with Crippen LogP contribution in [0.3, 0.4) is 0 Å². The molecule has 0 radical (unpaired) electrons. The van der Waals surface area contributed by atoms with Crippen molar-refractivity contribution in [3.63, 3.8) is 0 Å². The molecule has 1 saturated heterocycles. The van der Waals surface area contributed by atoms with E-state index in [-0.39, 0.29) is 0 Å². The summed E-state index contributed by atoms with van der Waals surface area (Å²) in [6.45, 7) is 2.20. The van der Waals surface area contributed by atoms with E-state index in [1.54, 1.807) is 5.56 Å². The Hall–Kier alpha value is -1.02. The molecule has 1 aliphatic carbocycles. The number of benzene rings is 1. The molecule has 2 heteroatoms. The smallest absolute Gasteiger partial charge is 0.0510 e. The number of anilines is 1. The van der Waals surface area contributed by atoms with Gasteiger partial charge in [-0.15, -0.1) is 0 Å². The van der Waals surface area contributed by atoms with Crippen molar-refractivity contribution in [1.82, 2.24) is 5.32 Å². The third-order valence-corrected chi connectivity index (χ3v) is 4.14. The lowest BCUT2D eigenvalue weighted by atomic mass is 9.84. The van der Waals surface area contributed by atoms with Gasteiger partial charge in [0.25, 0.3) is 0 Å². The lowest BCUT2D eigenvalue weighted by Crippen LogP contribution is -2.51. The molecule has 2 N–H and O–H groups in total. The SMILES string of the molecule is c1cc(C2CCCCC2)ccc1NC1CNC1. The Morgan fingerprint density at radius 3 is 2.24 bits per heavy atom. The van der Waals surface area contributed by atoms with Gasteiger partial charge in [-0.2, -0.15) is 0 Å². The number of rotatable bonds is 3. The number of hydrogen-bond donors (Lipinski definition) is 2. The topological polar surface area (TPSA) is 24.1 Å². The van der Waals surface area contributed by atoms with E-state index >= 15 is 0 Å². The predicted molar refractivity (Wildman–Crippen MR) is 72.5 cm³/mol. The fraction of sp³-hybridized carbons (Fsp3) is 0.600. The Bertz CT molecular complexity index is 348. The number of hydrogen-bond acceptors (Lipinski definition) is 2. The van der Waals surface area contributed by atoms with Crippen molar-refractivity contribution >= 4 is 5.69 Å². The summed E-state index contributed by atoms with van der Waals surface area (Å²) in [7, 11) is 0. The highest BCUT2D eigenvalue weighted by atomic mass is 15.1. The first-order valence-electron chi connectivity index (χ1n) is 6.99. The summed E-state index contributed by atoms with van der Waals surface area (Å²) in [5.74, 6) is 0.822. The molecule has 0 bridgehead atoms. The van der Waals surface area contributed by atoms with Gasteiger partial charge in [0.1, 0.15) is 0 Å². The molecule has 3 rings (SSSR count). The maximum Gasteiger partial charge on any atom is 0.0510 e. The van der Waals surface area contributed by atoms with Gasteiger partial charge in [0.15, 0.2) is 0 Å². The summed E-state index contributed by atoms with van der Waals surface area (Å²) in [6.07, 6.45) is 7.04. The maximum absolute atomic E-state index is 3.55. The van der Waals surface area contributed by atoms with Crippen molar-refractivity contribution in [2.75, 3.05) is 18.4 Å². The molecule has 0 atom stereocenters. The molecule has 0 spiro atoms. The van der Waals surface area contributed by atoms with E-state index in [0.717, 1.165) is 19.0 Å². The minimum Gasteiger partial charge on any atom is -0.380 e. The van der Waals surface area contributed by atoms with E-state index in [0.29, 0.717) is 6.04 Å². The Balaban J connectivity index is 1.62. The Morgan fingerprint density at radius 2 is 1.65 bits per heavy atom. The summed E-state index contributed by atoms with van der Waals surface area (Å²) in [6, 6.07) is 9.79. The average molecular weight is 230 g/mol. The van der Waals surface area contributed by atoms with Crippen molar-refractivity contribution in [2.24, 2.45) is 0 Å². The van der Waals surface area contributed by atoms with Crippen LogP contribution in [0.2, 0.25) is 0 Å². The molecule has 92 valence electrons. The molecule has 0 amide bonds. The molecule has 0 aromatic heterocycles. The van der Waals surface area contributed by atoms with Crippen LogP contribution < -0.4 is 10.6 Å². The fourth-order valence-corrected chi connectivity index (χ4v) is 2.91. The number of nitrogens with one attached hydrogen (secondary N) is 2. The van der Waals surface area contributed by atoms with Crippen LogP contribution in [0.15, 0.2) is 24.3 Å². The minimum absolute atomic E-state index is 0.635. The van der Waals surface area contributed by atoms with Crippen molar-refractivity contribution in [1.29, 1.82) is 0 Å². The maximum atomic E-state index is 3.55. The van der Waals surface area contributed by atoms with Gasteiger partial charge < -0.3 is 10.6 Å². The summed E-state index contributed by atoms with van der Waals surface area (Å²) in [4.78, 5) is 0. The first kappa shape index (κ1) is 11.1. The Morgan fingerprint density at radius 1 is 0.941 bits per heavy atom. The van der Waals surface area contributed by atoms with Crippen LogP contribution >= 0.6 is 0 Å². The second-order valence-corrected chi connectivity index (χ2v) is 5.46. The molecule has 1 aliphatic heterocycles. The van der Waals surface area contributed by atoms with Crippen LogP contribution in [0, 0.1) is 0 Å². The molecule has 2 nitrogen and oxygen atoms in total. The van der Waals surface area contributed by atoms with Crippen LogP contribution in [-0.4, -0.2) is 19.1 Å². The first-order valence-corrected chi connectivity index (χ1v) is 6.99. The van der Waals surface area contributed by atoms with Crippen molar-refractivity contribution < 1.29 is 0 Å². The van der Waals surface area contributed by atoms with Crippen LogP contribution in [0.1, 0.15) is 43.6 Å². The van der Waals surface area contributed by atoms with Crippen LogP contribution in [-0.2, 0) is 0 Å². The van der Waals surface area contributed by atoms with Crippen molar-refractivity contribution in [2.45, 2.75) is 44.1 Å². The van der Waals surface area contributed by atoms with E-state index in [2.05, 4.69) is 34.9 Å². The van der Waals surface area contributed by atoms with Gasteiger partial charge >= 0.3 is 0 Å². The van der Waals surface area contributed by atoms with Gasteiger partial charge in [-0.1, -0.05) is 31.4 Å². The zero-order valence-electron chi connectivity index (χ0n) is 10.4. The zero-order chi connectivity index (χ0) is 11.5. The normalized spacial score (nSPS) is 22.1. The highest BCUT2D eigenvalue weighted by molar-refractivity contribution is 5.46. The molecule has 1 saturated carbocycles. The molecular weight excluding hydrogens is 208 g/mol. The predicted octanol–water partition coefficient (Wildman–Crippen LogP) is 3.12. The van der Waals surface area contributed by atoms with Crippen LogP contribution in [0.5, 0.6) is 0 Å². The lowest BCUT2D eigenvalue weighted by Gasteiger charge is -2.29. The molecule has 0 unspecified atom stereocenters. The molecule has 2 aliphatic rings. The zero-order valence-corrected chi connectivity index (χ0v) is 10.4.